The first kappa shape index (κ1) is 16.5. The number of hydrazone groups is 1. The van der Waals surface area contributed by atoms with E-state index in [1.54, 1.807) is 31.5 Å². The minimum absolute atomic E-state index is 0.251. The zero-order valence-electron chi connectivity index (χ0n) is 13.5. The Labute approximate surface area is 135 Å². The molecule has 23 heavy (non-hydrogen) atoms. The van der Waals surface area contributed by atoms with Gasteiger partial charge in [0.25, 0.3) is 5.91 Å². The lowest BCUT2D eigenvalue weighted by molar-refractivity contribution is 0.0955. The number of rotatable bonds is 6. The van der Waals surface area contributed by atoms with E-state index in [1.807, 2.05) is 38.1 Å². The summed E-state index contributed by atoms with van der Waals surface area (Å²) >= 11 is 0. The number of benzene rings is 2. The first-order valence-corrected chi connectivity index (χ1v) is 7.35. The molecule has 0 radical (unpaired) electrons. The van der Waals surface area contributed by atoms with Gasteiger partial charge < -0.3 is 9.47 Å². The van der Waals surface area contributed by atoms with E-state index in [1.165, 1.54) is 0 Å². The zero-order chi connectivity index (χ0) is 16.7. The van der Waals surface area contributed by atoms with Crippen molar-refractivity contribution in [2.45, 2.75) is 13.8 Å². The lowest BCUT2D eigenvalue weighted by atomic mass is 10.1. The molecule has 0 aliphatic rings. The van der Waals surface area contributed by atoms with E-state index in [9.17, 15) is 4.79 Å². The van der Waals surface area contributed by atoms with Gasteiger partial charge in [-0.2, -0.15) is 5.10 Å². The van der Waals surface area contributed by atoms with Crippen LogP contribution in [0.5, 0.6) is 11.5 Å². The highest BCUT2D eigenvalue weighted by molar-refractivity contribution is 5.94. The van der Waals surface area contributed by atoms with Crippen LogP contribution in [0.2, 0.25) is 0 Å². The molecule has 1 amide bonds. The van der Waals surface area contributed by atoms with Gasteiger partial charge in [-0.15, -0.1) is 0 Å². The standard InChI is InChI=1S/C18H20N2O3/c1-4-23-16-10-7-14(11-17(16)22-3)12-19-20-18(21)15-8-5-13(2)6-9-15/h5-12H,4H2,1-3H3,(H,20,21). The smallest absolute Gasteiger partial charge is 0.271 e. The minimum atomic E-state index is -0.251. The average Bonchev–Trinajstić information content (AvgIpc) is 2.56. The maximum atomic E-state index is 11.9. The fraction of sp³-hybridized carbons (Fsp3) is 0.222. The Morgan fingerprint density at radius 1 is 1.17 bits per heavy atom. The van der Waals surface area contributed by atoms with Crippen molar-refractivity contribution in [3.63, 3.8) is 0 Å². The summed E-state index contributed by atoms with van der Waals surface area (Å²) in [6, 6.07) is 12.7. The molecule has 120 valence electrons. The van der Waals surface area contributed by atoms with Gasteiger partial charge in [0.05, 0.1) is 19.9 Å². The fourth-order valence-corrected chi connectivity index (χ4v) is 1.97. The largest absolute Gasteiger partial charge is 0.493 e. The normalized spacial score (nSPS) is 10.6. The molecule has 0 heterocycles. The Kier molecular flexibility index (Phi) is 5.74. The monoisotopic (exact) mass is 312 g/mol. The third kappa shape index (κ3) is 4.57. The number of ether oxygens (including phenoxy) is 2. The fourth-order valence-electron chi connectivity index (χ4n) is 1.97. The Hall–Kier alpha value is -2.82. The molecule has 0 fully saturated rings. The summed E-state index contributed by atoms with van der Waals surface area (Å²) in [4.78, 5) is 11.9. The molecule has 2 aromatic rings. The maximum Gasteiger partial charge on any atom is 0.271 e. The number of nitrogens with one attached hydrogen (secondary N) is 1. The second-order valence-corrected chi connectivity index (χ2v) is 4.91. The third-order valence-corrected chi connectivity index (χ3v) is 3.18. The van der Waals surface area contributed by atoms with Gasteiger partial charge in [-0.1, -0.05) is 17.7 Å². The summed E-state index contributed by atoms with van der Waals surface area (Å²) in [6.07, 6.45) is 1.56. The first-order chi connectivity index (χ1) is 11.1. The molecule has 0 spiro atoms. The van der Waals surface area contributed by atoms with E-state index in [0.29, 0.717) is 23.7 Å². The predicted molar refractivity (Wildman–Crippen MR) is 90.4 cm³/mol. The third-order valence-electron chi connectivity index (χ3n) is 3.18. The van der Waals surface area contributed by atoms with E-state index in [4.69, 9.17) is 9.47 Å². The van der Waals surface area contributed by atoms with Crippen molar-refractivity contribution in [3.05, 3.63) is 59.2 Å². The SMILES string of the molecule is CCOc1ccc(C=NNC(=O)c2ccc(C)cc2)cc1OC. The summed E-state index contributed by atoms with van der Waals surface area (Å²) in [5, 5.41) is 3.97. The number of carbonyl (C=O) groups excluding carboxylic acids is 1. The number of nitrogens with zero attached hydrogens (tertiary/aromatic N) is 1. The molecule has 0 aliphatic carbocycles. The molecule has 2 aromatic carbocycles. The summed E-state index contributed by atoms with van der Waals surface area (Å²) < 4.78 is 10.7. The highest BCUT2D eigenvalue weighted by atomic mass is 16.5. The van der Waals surface area contributed by atoms with Crippen LogP contribution in [0, 0.1) is 6.92 Å². The minimum Gasteiger partial charge on any atom is -0.493 e. The van der Waals surface area contributed by atoms with E-state index in [0.717, 1.165) is 11.1 Å². The number of aryl methyl sites for hydroxylation is 1. The molecule has 5 heteroatoms. The van der Waals surface area contributed by atoms with Gasteiger partial charge in [-0.3, -0.25) is 4.79 Å². The van der Waals surface area contributed by atoms with Gasteiger partial charge in [0, 0.05) is 5.56 Å². The van der Waals surface area contributed by atoms with Crippen LogP contribution in [-0.4, -0.2) is 25.8 Å². The molecule has 1 N–H and O–H groups in total. The topological polar surface area (TPSA) is 59.9 Å². The number of methoxy groups -OCH3 is 1. The Morgan fingerprint density at radius 3 is 2.57 bits per heavy atom. The van der Waals surface area contributed by atoms with Gasteiger partial charge >= 0.3 is 0 Å². The van der Waals surface area contributed by atoms with Crippen LogP contribution in [0.1, 0.15) is 28.4 Å². The van der Waals surface area contributed by atoms with Crippen LogP contribution in [-0.2, 0) is 0 Å². The Bertz CT molecular complexity index is 694. The van der Waals surface area contributed by atoms with E-state index in [2.05, 4.69) is 10.5 Å². The van der Waals surface area contributed by atoms with Crippen molar-refractivity contribution in [1.29, 1.82) is 0 Å². The van der Waals surface area contributed by atoms with Crippen LogP contribution >= 0.6 is 0 Å². The first-order valence-electron chi connectivity index (χ1n) is 7.35. The second kappa shape index (κ2) is 7.98. The molecule has 0 atom stereocenters. The van der Waals surface area contributed by atoms with Crippen molar-refractivity contribution < 1.29 is 14.3 Å². The van der Waals surface area contributed by atoms with Gasteiger partial charge in [0.2, 0.25) is 0 Å². The quantitative estimate of drug-likeness (QED) is 0.658. The van der Waals surface area contributed by atoms with Crippen molar-refractivity contribution in [2.75, 3.05) is 13.7 Å². The number of hydrogen-bond donors (Lipinski definition) is 1. The molecular formula is C18H20N2O3. The number of carbonyl (C=O) groups is 1. The molecule has 5 nitrogen and oxygen atoms in total. The molecule has 0 aromatic heterocycles. The van der Waals surface area contributed by atoms with E-state index < -0.39 is 0 Å². The molecule has 0 aliphatic heterocycles. The van der Waals surface area contributed by atoms with Gasteiger partial charge in [0.15, 0.2) is 11.5 Å². The predicted octanol–water partition coefficient (Wildman–Crippen LogP) is 3.17. The molecule has 0 saturated heterocycles. The van der Waals surface area contributed by atoms with E-state index >= 15 is 0 Å². The van der Waals surface area contributed by atoms with Gasteiger partial charge in [0.1, 0.15) is 0 Å². The molecule has 0 unspecified atom stereocenters. The van der Waals surface area contributed by atoms with Gasteiger partial charge in [-0.25, -0.2) is 5.43 Å². The summed E-state index contributed by atoms with van der Waals surface area (Å²) in [7, 11) is 1.58. The Morgan fingerprint density at radius 2 is 1.91 bits per heavy atom. The van der Waals surface area contributed by atoms with Crippen LogP contribution in [0.15, 0.2) is 47.6 Å². The molecule has 0 bridgehead atoms. The van der Waals surface area contributed by atoms with Crippen LogP contribution in [0.25, 0.3) is 0 Å². The van der Waals surface area contributed by atoms with E-state index in [-0.39, 0.29) is 5.91 Å². The van der Waals surface area contributed by atoms with Crippen LogP contribution < -0.4 is 14.9 Å². The highest BCUT2D eigenvalue weighted by Crippen LogP contribution is 2.27. The Balaban J connectivity index is 2.02. The maximum absolute atomic E-state index is 11.9. The zero-order valence-corrected chi connectivity index (χ0v) is 13.5. The van der Waals surface area contributed by atoms with Gasteiger partial charge in [-0.05, 0) is 49.7 Å². The van der Waals surface area contributed by atoms with Crippen molar-refractivity contribution in [3.8, 4) is 11.5 Å². The summed E-state index contributed by atoms with van der Waals surface area (Å²) in [5.41, 5.74) is 4.97. The average molecular weight is 312 g/mol. The van der Waals surface area contributed by atoms with Crippen LogP contribution in [0.3, 0.4) is 0 Å². The lowest BCUT2D eigenvalue weighted by Gasteiger charge is -2.09. The molecule has 0 saturated carbocycles. The number of amides is 1. The lowest BCUT2D eigenvalue weighted by Crippen LogP contribution is -2.17. The summed E-state index contributed by atoms with van der Waals surface area (Å²) in [5.74, 6) is 1.05. The van der Waals surface area contributed by atoms with Crippen molar-refractivity contribution >= 4 is 12.1 Å². The van der Waals surface area contributed by atoms with Crippen molar-refractivity contribution in [1.82, 2.24) is 5.43 Å². The molecular weight excluding hydrogens is 292 g/mol. The molecule has 2 rings (SSSR count). The highest BCUT2D eigenvalue weighted by Gasteiger charge is 2.05. The van der Waals surface area contributed by atoms with Crippen LogP contribution in [0.4, 0.5) is 0 Å². The number of hydrogen-bond acceptors (Lipinski definition) is 4. The van der Waals surface area contributed by atoms with Crippen molar-refractivity contribution in [2.24, 2.45) is 5.10 Å². The second-order valence-electron chi connectivity index (χ2n) is 4.91. The summed E-state index contributed by atoms with van der Waals surface area (Å²) in [6.45, 7) is 4.45.